The Balaban J connectivity index is 1.87. The summed E-state index contributed by atoms with van der Waals surface area (Å²) in [6.07, 6.45) is -0.453. The highest BCUT2D eigenvalue weighted by atomic mass is 28.4. The number of carbonyl (C=O) groups is 10. The molecular formula is C66H107N7O18Si. The molecule has 2 aliphatic rings. The van der Waals surface area contributed by atoms with Gasteiger partial charge in [0, 0.05) is 57.3 Å². The number of benzene rings is 1. The molecule has 518 valence electrons. The molecule has 2 unspecified atom stereocenters. The first kappa shape index (κ1) is 79.7. The van der Waals surface area contributed by atoms with Crippen LogP contribution in [0.25, 0.3) is 0 Å². The fraction of sp³-hybridized carbons (Fsp3) is 0.697. The number of alkyl carbamates (subject to hydrolysis) is 1. The molecule has 2 heterocycles. The Labute approximate surface area is 546 Å². The van der Waals surface area contributed by atoms with Gasteiger partial charge in [0.05, 0.1) is 65.9 Å². The van der Waals surface area contributed by atoms with Gasteiger partial charge < -0.3 is 68.3 Å². The fourth-order valence-electron chi connectivity index (χ4n) is 10.7. The number of cyclic esters (lactones) is 2. The van der Waals surface area contributed by atoms with Crippen molar-refractivity contribution >= 4 is 67.9 Å². The van der Waals surface area contributed by atoms with Crippen molar-refractivity contribution in [3.8, 4) is 0 Å². The van der Waals surface area contributed by atoms with Gasteiger partial charge in [-0.15, -0.1) is 0 Å². The van der Waals surface area contributed by atoms with Crippen molar-refractivity contribution in [3.63, 3.8) is 0 Å². The van der Waals surface area contributed by atoms with E-state index < -0.39 is 117 Å². The second kappa shape index (κ2) is 39.8. The lowest BCUT2D eigenvalue weighted by atomic mass is 9.90. The molecule has 0 bridgehead atoms. The third-order valence-electron chi connectivity index (χ3n) is 16.6. The summed E-state index contributed by atoms with van der Waals surface area (Å²) in [6.45, 7) is 28.4. The molecule has 8 amide bonds. The molecule has 0 spiro atoms. The summed E-state index contributed by atoms with van der Waals surface area (Å²) < 4.78 is 48.2. The molecule has 4 N–H and O–H groups in total. The molecule has 26 heteroatoms. The largest absolute Gasteiger partial charge is 0.456 e. The molecule has 1 fully saturated rings. The molecule has 1 aromatic rings. The second-order valence-corrected chi connectivity index (χ2v) is 29.4. The SMILES string of the molecule is C/C=C(\C)[C@H]1OC(=O)[C@@H](C)NC(=O)[C@H](C(C)CC)NC(=O)CN(C)C(=O)[C@@H](Cc2ccccc2)N(C)C(=O)[C@H](C)NC(=O)[C@@H](CC(C)C)OC(=O)/C(C)=C/C[C@H](OC(=O)NCCO[Si](OCCOCCOCCOCCN2C(=O)CC(C)C2=O)(C(C)C)C(C)C)[C@@H]1C. The highest BCUT2D eigenvalue weighted by molar-refractivity contribution is 6.70. The summed E-state index contributed by atoms with van der Waals surface area (Å²) >= 11 is 0. The molecule has 0 radical (unpaired) electrons. The zero-order valence-corrected chi connectivity index (χ0v) is 58.6. The van der Waals surface area contributed by atoms with Gasteiger partial charge in [0.25, 0.3) is 5.91 Å². The van der Waals surface area contributed by atoms with Crippen molar-refractivity contribution in [3.05, 3.63) is 59.2 Å². The number of imide groups is 1. The topological polar surface area (TPSA) is 302 Å². The third-order valence-corrected chi connectivity index (χ3v) is 21.1. The van der Waals surface area contributed by atoms with Crippen LogP contribution in [0.2, 0.25) is 11.1 Å². The number of nitrogens with zero attached hydrogens (tertiary/aromatic N) is 3. The second-order valence-electron chi connectivity index (χ2n) is 25.1. The summed E-state index contributed by atoms with van der Waals surface area (Å²) in [5.41, 5.74) is 1.32. The van der Waals surface area contributed by atoms with Crippen molar-refractivity contribution in [2.75, 3.05) is 86.6 Å². The summed E-state index contributed by atoms with van der Waals surface area (Å²) in [4.78, 5) is 140. The van der Waals surface area contributed by atoms with E-state index in [9.17, 15) is 47.9 Å². The quantitative estimate of drug-likeness (QED) is 0.0205. The Morgan fingerprint density at radius 3 is 1.90 bits per heavy atom. The molecule has 2 aliphatic heterocycles. The number of esters is 2. The van der Waals surface area contributed by atoms with Crippen molar-refractivity contribution in [1.29, 1.82) is 0 Å². The maximum atomic E-state index is 14.4. The molecule has 92 heavy (non-hydrogen) atoms. The number of carbonyl (C=O) groups excluding carboxylic acids is 10. The molecule has 0 aliphatic carbocycles. The molecule has 10 atom stereocenters. The lowest BCUT2D eigenvalue weighted by molar-refractivity contribution is -0.155. The van der Waals surface area contributed by atoms with E-state index in [1.54, 1.807) is 71.0 Å². The van der Waals surface area contributed by atoms with Crippen molar-refractivity contribution in [2.45, 2.75) is 190 Å². The zero-order chi connectivity index (χ0) is 69.0. The maximum Gasteiger partial charge on any atom is 0.407 e. The zero-order valence-electron chi connectivity index (χ0n) is 57.6. The van der Waals surface area contributed by atoms with Crippen LogP contribution in [0, 0.1) is 23.7 Å². The molecule has 0 aromatic heterocycles. The van der Waals surface area contributed by atoms with Crippen LogP contribution >= 0.6 is 0 Å². The van der Waals surface area contributed by atoms with E-state index in [0.29, 0.717) is 44.0 Å². The molecular weight excluding hydrogens is 1210 g/mol. The number of likely N-dealkylation sites (N-methyl/N-ethyl adjacent to an activating group) is 2. The lowest BCUT2D eigenvalue weighted by Gasteiger charge is -2.37. The average Bonchev–Trinajstić information content (AvgIpc) is 1.15. The van der Waals surface area contributed by atoms with E-state index in [1.165, 1.54) is 50.7 Å². The Hall–Kier alpha value is -6.58. The summed E-state index contributed by atoms with van der Waals surface area (Å²) in [5.74, 6) is -7.15. The van der Waals surface area contributed by atoms with Gasteiger partial charge in [-0.2, -0.15) is 0 Å². The minimum atomic E-state index is -2.95. The van der Waals surface area contributed by atoms with Crippen LogP contribution in [0.15, 0.2) is 53.6 Å². The Kier molecular flexibility index (Phi) is 34.5. The monoisotopic (exact) mass is 1310 g/mol. The number of likely N-dealkylation sites (tertiary alicyclic amines) is 1. The molecule has 0 saturated carbocycles. The molecule has 1 saturated heterocycles. The minimum absolute atomic E-state index is 0.00424. The number of hydrogen-bond acceptors (Lipinski definition) is 18. The third kappa shape index (κ3) is 25.0. The van der Waals surface area contributed by atoms with Crippen LogP contribution in [0.5, 0.6) is 0 Å². The van der Waals surface area contributed by atoms with Gasteiger partial charge in [0.1, 0.15) is 36.4 Å². The summed E-state index contributed by atoms with van der Waals surface area (Å²) in [5, 5.41) is 10.9. The van der Waals surface area contributed by atoms with Crippen molar-refractivity contribution in [2.24, 2.45) is 23.7 Å². The van der Waals surface area contributed by atoms with E-state index in [2.05, 4.69) is 21.3 Å². The normalized spacial score (nSPS) is 24.7. The summed E-state index contributed by atoms with van der Waals surface area (Å²) in [6, 6.07) is 4.17. The van der Waals surface area contributed by atoms with E-state index >= 15 is 0 Å². The van der Waals surface area contributed by atoms with Gasteiger partial charge in [0.15, 0.2) is 6.10 Å². The summed E-state index contributed by atoms with van der Waals surface area (Å²) in [7, 11) is -0.126. The number of allylic oxidation sites excluding steroid dienone is 1. The van der Waals surface area contributed by atoms with Gasteiger partial charge in [-0.05, 0) is 75.1 Å². The molecule has 1 aromatic carbocycles. The number of rotatable bonds is 27. The van der Waals surface area contributed by atoms with E-state index in [-0.39, 0.29) is 106 Å². The highest BCUT2D eigenvalue weighted by Crippen LogP contribution is 2.34. The van der Waals surface area contributed by atoms with E-state index in [1.807, 2.05) is 48.5 Å². The van der Waals surface area contributed by atoms with Crippen LogP contribution in [0.3, 0.4) is 0 Å². The van der Waals surface area contributed by atoms with Gasteiger partial charge >= 0.3 is 26.6 Å². The maximum absolute atomic E-state index is 14.4. The van der Waals surface area contributed by atoms with Crippen LogP contribution in [-0.2, 0) is 86.8 Å². The fourth-order valence-corrected chi connectivity index (χ4v) is 14.2. The number of hydrogen-bond donors (Lipinski definition) is 4. The Bertz CT molecular complexity index is 2650. The average molecular weight is 1310 g/mol. The number of amides is 8. The van der Waals surface area contributed by atoms with Crippen LogP contribution in [0.4, 0.5) is 4.79 Å². The minimum Gasteiger partial charge on any atom is -0.456 e. The van der Waals surface area contributed by atoms with Crippen molar-refractivity contribution < 1.29 is 85.2 Å². The lowest BCUT2D eigenvalue weighted by Crippen LogP contribution is -2.57. The smallest absolute Gasteiger partial charge is 0.407 e. The van der Waals surface area contributed by atoms with Gasteiger partial charge in [0.2, 0.25) is 35.4 Å². The van der Waals surface area contributed by atoms with Gasteiger partial charge in [-0.25, -0.2) is 14.4 Å². The van der Waals surface area contributed by atoms with Gasteiger partial charge in [-0.3, -0.25) is 38.5 Å². The highest BCUT2D eigenvalue weighted by Gasteiger charge is 2.45. The number of ether oxygens (including phenoxy) is 6. The first-order valence-corrected chi connectivity index (χ1v) is 34.3. The molecule has 3 rings (SSSR count). The number of nitrogens with one attached hydrogen (secondary N) is 4. The standard InChI is InChI=1S/C66H107N7O18Si/c1-18-44(9)57-60(77)69-50(15)65(82)91-58(45(10)19-2)48(13)53(90-66(83)67-27-29-87-92(42(5)6,43(7)8)88-36-35-86-34-33-85-32-31-84-30-28-73-56(75)38-47(12)61(73)78)26-25-46(11)64(81)89-54(37-41(3)4)59(76)68-49(14)62(79)72(17)52(39-51-23-21-20-22-24-51)63(80)71(16)40-55(74)70-57/h19-25,41-44,47-50,52-54,57-58H,18,26-40H2,1-17H3,(H,67,83)(H,68,76)(H,69,77)(H,70,74)/b45-19+,46-25+/t44?,47?,48-,49-,50+,52+,53-,54+,57-,58+/m0/s1. The van der Waals surface area contributed by atoms with Crippen LogP contribution < -0.4 is 21.3 Å². The first-order valence-electron chi connectivity index (χ1n) is 32.4. The molecule has 25 nitrogen and oxygen atoms in total. The first-order chi connectivity index (χ1) is 43.4. The van der Waals surface area contributed by atoms with Gasteiger partial charge in [-0.1, -0.05) is 118 Å². The Morgan fingerprint density at radius 1 is 0.750 bits per heavy atom. The predicted molar refractivity (Wildman–Crippen MR) is 346 cm³/mol. The van der Waals surface area contributed by atoms with E-state index in [0.717, 1.165) is 4.90 Å². The van der Waals surface area contributed by atoms with Crippen molar-refractivity contribution in [1.82, 2.24) is 36.0 Å². The predicted octanol–water partition coefficient (Wildman–Crippen LogP) is 5.71. The van der Waals surface area contributed by atoms with Crippen LogP contribution in [-0.4, -0.2) is 212 Å². The van der Waals surface area contributed by atoms with E-state index in [4.69, 9.17) is 37.3 Å². The Morgan fingerprint density at radius 2 is 1.34 bits per heavy atom. The van der Waals surface area contributed by atoms with Crippen LogP contribution in [0.1, 0.15) is 135 Å².